The molecule has 1 atom stereocenters. The minimum Gasteiger partial charge on any atom is -0.495 e. The van der Waals surface area contributed by atoms with Gasteiger partial charge in [0.05, 0.1) is 25.7 Å². The minimum atomic E-state index is -3.47. The van der Waals surface area contributed by atoms with Gasteiger partial charge in [0.1, 0.15) is 11.6 Å². The van der Waals surface area contributed by atoms with E-state index in [4.69, 9.17) is 14.3 Å². The predicted molar refractivity (Wildman–Crippen MR) is 129 cm³/mol. The Hall–Kier alpha value is -3.60. The van der Waals surface area contributed by atoms with Gasteiger partial charge in [0, 0.05) is 12.1 Å². The summed E-state index contributed by atoms with van der Waals surface area (Å²) in [7, 11) is -2.02. The molecule has 2 aliphatic heterocycles. The van der Waals surface area contributed by atoms with Crippen molar-refractivity contribution in [2.24, 2.45) is 5.16 Å². The number of anilines is 1. The quantitative estimate of drug-likeness (QED) is 0.577. The Morgan fingerprint density at radius 1 is 1.29 bits per heavy atom. The number of nitrogens with one attached hydrogen (secondary N) is 1. The van der Waals surface area contributed by atoms with E-state index < -0.39 is 27.5 Å². The number of rotatable bonds is 7. The van der Waals surface area contributed by atoms with Crippen LogP contribution in [0.3, 0.4) is 0 Å². The van der Waals surface area contributed by atoms with Gasteiger partial charge in [-0.1, -0.05) is 11.2 Å². The molecule has 11 heteroatoms. The third-order valence-corrected chi connectivity index (χ3v) is 6.26. The topological polar surface area (TPSA) is 107 Å². The van der Waals surface area contributed by atoms with Crippen LogP contribution in [-0.2, 0) is 30.1 Å². The fraction of sp³-hybridized carbons (Fsp3) is 0.333. The number of oxime groups is 1. The van der Waals surface area contributed by atoms with Gasteiger partial charge in [-0.2, -0.15) is 0 Å². The maximum Gasteiger partial charge on any atom is 0.380 e. The second-order valence-corrected chi connectivity index (χ2v) is 9.88. The van der Waals surface area contributed by atoms with Crippen molar-refractivity contribution in [3.63, 3.8) is 0 Å². The first-order valence-corrected chi connectivity index (χ1v) is 12.9. The summed E-state index contributed by atoms with van der Waals surface area (Å²) >= 11 is 0. The zero-order valence-electron chi connectivity index (χ0n) is 19.6. The number of carbonyl (C=O) groups excluding carboxylic acids is 1. The van der Waals surface area contributed by atoms with Crippen molar-refractivity contribution in [2.45, 2.75) is 25.5 Å². The summed E-state index contributed by atoms with van der Waals surface area (Å²) in [5.74, 6) is -0.237. The highest BCUT2D eigenvalue weighted by atomic mass is 32.2. The number of hydrogen-bond donors (Lipinski definition) is 1. The molecular weight excluding hydrogens is 477 g/mol. The Balaban J connectivity index is 1.71. The lowest BCUT2D eigenvalue weighted by molar-refractivity contribution is -0.189. The Morgan fingerprint density at radius 2 is 2.03 bits per heavy atom. The summed E-state index contributed by atoms with van der Waals surface area (Å²) in [6, 6.07) is 10.6. The van der Waals surface area contributed by atoms with Crippen molar-refractivity contribution in [2.75, 3.05) is 31.2 Å². The fourth-order valence-corrected chi connectivity index (χ4v) is 4.76. The number of hydrogen-bond acceptors (Lipinski definition) is 8. The van der Waals surface area contributed by atoms with Crippen molar-refractivity contribution < 1.29 is 31.9 Å². The molecule has 0 aliphatic carbocycles. The van der Waals surface area contributed by atoms with Crippen LogP contribution < -0.4 is 9.46 Å². The van der Waals surface area contributed by atoms with E-state index in [1.165, 1.54) is 31.4 Å². The monoisotopic (exact) mass is 503 g/mol. The van der Waals surface area contributed by atoms with Crippen LogP contribution in [0.2, 0.25) is 0 Å². The smallest absolute Gasteiger partial charge is 0.380 e. The Kier molecular flexibility index (Phi) is 6.70. The number of sulfonamides is 1. The van der Waals surface area contributed by atoms with Crippen LogP contribution in [-0.4, -0.2) is 51.6 Å². The molecule has 0 bridgehead atoms. The molecular formula is C24H26FN3O6S. The van der Waals surface area contributed by atoms with E-state index in [1.807, 2.05) is 6.08 Å². The lowest BCUT2D eigenvalue weighted by Gasteiger charge is -2.37. The van der Waals surface area contributed by atoms with Gasteiger partial charge in [0.25, 0.3) is 0 Å². The van der Waals surface area contributed by atoms with Gasteiger partial charge in [-0.15, -0.1) is 0 Å². The summed E-state index contributed by atoms with van der Waals surface area (Å²) in [6.07, 6.45) is 4.33. The van der Waals surface area contributed by atoms with Crippen LogP contribution in [0.4, 0.5) is 10.1 Å². The zero-order valence-corrected chi connectivity index (χ0v) is 20.4. The van der Waals surface area contributed by atoms with Gasteiger partial charge >= 0.3 is 11.7 Å². The first kappa shape index (κ1) is 24.5. The number of carbonyl (C=O) groups is 1. The van der Waals surface area contributed by atoms with Crippen molar-refractivity contribution >= 4 is 33.6 Å². The van der Waals surface area contributed by atoms with E-state index >= 15 is 0 Å². The molecule has 0 amide bonds. The van der Waals surface area contributed by atoms with Crippen molar-refractivity contribution in [3.8, 4) is 5.75 Å². The zero-order chi connectivity index (χ0) is 25.2. The second kappa shape index (κ2) is 9.57. The van der Waals surface area contributed by atoms with Gasteiger partial charge in [-0.25, -0.2) is 17.6 Å². The SMILES string of the molecule is CCOC(=O)C1(c2ccc(F)cc2)ON=C2/C(=C/c3ccc(NS(C)(=O)=O)c(OC)c3)CCCN21. The molecule has 0 radical (unpaired) electrons. The van der Waals surface area contributed by atoms with Gasteiger partial charge in [0.15, 0.2) is 5.84 Å². The van der Waals surface area contributed by atoms with Crippen molar-refractivity contribution in [1.29, 1.82) is 0 Å². The van der Waals surface area contributed by atoms with Gasteiger partial charge in [0.2, 0.25) is 10.0 Å². The van der Waals surface area contributed by atoms with E-state index in [0.717, 1.165) is 17.4 Å². The molecule has 2 aliphatic rings. The average Bonchev–Trinajstić information content (AvgIpc) is 3.21. The van der Waals surface area contributed by atoms with E-state index in [-0.39, 0.29) is 6.61 Å². The minimum absolute atomic E-state index is 0.144. The molecule has 0 spiro atoms. The summed E-state index contributed by atoms with van der Waals surface area (Å²) in [5, 5.41) is 4.26. The Morgan fingerprint density at radius 3 is 2.69 bits per heavy atom. The number of piperidine rings is 1. The number of ether oxygens (including phenoxy) is 2. The molecule has 1 unspecified atom stereocenters. The van der Waals surface area contributed by atoms with Gasteiger partial charge in [-0.05, 0) is 73.4 Å². The first-order valence-electron chi connectivity index (χ1n) is 11.0. The highest BCUT2D eigenvalue weighted by Gasteiger charge is 2.57. The number of methoxy groups -OCH3 is 1. The lowest BCUT2D eigenvalue weighted by Crippen LogP contribution is -2.54. The van der Waals surface area contributed by atoms with Crippen molar-refractivity contribution in [3.05, 3.63) is 65.0 Å². The second-order valence-electron chi connectivity index (χ2n) is 8.14. The standard InChI is InChI=1S/C24H26FN3O6S/c1-4-33-23(29)24(18-8-10-19(25)11-9-18)28-13-5-6-17(22(28)26-34-24)14-16-7-12-20(21(15-16)32-2)27-35(3,30)31/h7-12,14-15,27H,4-6,13H2,1-3H3/b17-14+. The molecule has 2 aromatic rings. The van der Waals surface area contributed by atoms with Crippen LogP contribution >= 0.6 is 0 Å². The third kappa shape index (κ3) is 4.81. The predicted octanol–water partition coefficient (Wildman–Crippen LogP) is 3.44. The molecule has 9 nitrogen and oxygen atoms in total. The summed E-state index contributed by atoms with van der Waals surface area (Å²) < 4.78 is 50.0. The van der Waals surface area contributed by atoms with E-state index in [0.29, 0.717) is 42.2 Å². The highest BCUT2D eigenvalue weighted by molar-refractivity contribution is 7.92. The van der Waals surface area contributed by atoms with Crippen molar-refractivity contribution in [1.82, 2.24) is 4.90 Å². The molecule has 1 saturated heterocycles. The molecule has 4 rings (SSSR count). The van der Waals surface area contributed by atoms with E-state index in [2.05, 4.69) is 9.88 Å². The van der Waals surface area contributed by atoms with Crippen LogP contribution in [0, 0.1) is 5.82 Å². The highest BCUT2D eigenvalue weighted by Crippen LogP contribution is 2.41. The molecule has 1 fully saturated rings. The number of amidine groups is 1. The third-order valence-electron chi connectivity index (χ3n) is 5.66. The molecule has 1 N–H and O–H groups in total. The van der Waals surface area contributed by atoms with Gasteiger partial charge in [-0.3, -0.25) is 4.72 Å². The summed E-state index contributed by atoms with van der Waals surface area (Å²) in [4.78, 5) is 20.7. The maximum atomic E-state index is 13.6. The summed E-state index contributed by atoms with van der Waals surface area (Å²) in [5.41, 5.74) is 0.641. The lowest BCUT2D eigenvalue weighted by atomic mass is 9.94. The number of fused-ring (bicyclic) bond motifs is 1. The van der Waals surface area contributed by atoms with E-state index in [9.17, 15) is 17.6 Å². The molecule has 2 heterocycles. The van der Waals surface area contributed by atoms with Crippen LogP contribution in [0.15, 0.2) is 53.2 Å². The Labute approximate surface area is 203 Å². The number of nitrogens with zero attached hydrogens (tertiary/aromatic N) is 2. The van der Waals surface area contributed by atoms with Crippen LogP contribution in [0.1, 0.15) is 30.9 Å². The molecule has 2 aromatic carbocycles. The number of esters is 1. The largest absolute Gasteiger partial charge is 0.495 e. The fourth-order valence-electron chi connectivity index (χ4n) is 4.19. The Bertz CT molecular complexity index is 1290. The number of halogens is 1. The van der Waals surface area contributed by atoms with Crippen LogP contribution in [0.5, 0.6) is 5.75 Å². The van der Waals surface area contributed by atoms with Crippen LogP contribution in [0.25, 0.3) is 6.08 Å². The normalized spacial score (nSPS) is 20.6. The number of benzene rings is 2. The molecule has 0 aromatic heterocycles. The summed E-state index contributed by atoms with van der Waals surface area (Å²) in [6.45, 7) is 2.32. The molecule has 186 valence electrons. The van der Waals surface area contributed by atoms with Gasteiger partial charge < -0.3 is 19.2 Å². The first-order chi connectivity index (χ1) is 16.7. The molecule has 35 heavy (non-hydrogen) atoms. The molecule has 0 saturated carbocycles. The average molecular weight is 504 g/mol. The van der Waals surface area contributed by atoms with E-state index in [1.54, 1.807) is 30.0 Å². The maximum absolute atomic E-state index is 13.6.